The molecule has 0 N–H and O–H groups in total. The van der Waals surface area contributed by atoms with Crippen LogP contribution < -0.4 is 0 Å². The summed E-state index contributed by atoms with van der Waals surface area (Å²) < 4.78 is 10.9. The lowest BCUT2D eigenvalue weighted by molar-refractivity contribution is -0.200. The minimum Gasteiger partial charge on any atom is -0.456 e. The van der Waals surface area contributed by atoms with E-state index < -0.39 is 23.1 Å². The molecule has 0 bridgehead atoms. The molecule has 1 rings (SSSR count). The number of hydrogen-bond acceptors (Lipinski definition) is 4. The number of esters is 2. The second-order valence-corrected chi connectivity index (χ2v) is 5.59. The normalized spacial score (nSPS) is 14.2. The van der Waals surface area contributed by atoms with E-state index in [9.17, 15) is 9.59 Å². The molecule has 0 heterocycles. The molecule has 0 fully saturated rings. The highest BCUT2D eigenvalue weighted by Crippen LogP contribution is 2.33. The Morgan fingerprint density at radius 1 is 0.950 bits per heavy atom. The molecule has 20 heavy (non-hydrogen) atoms. The molecule has 0 aliphatic rings. The summed E-state index contributed by atoms with van der Waals surface area (Å²) in [5.74, 6) is -0.801. The summed E-state index contributed by atoms with van der Waals surface area (Å²) in [5.41, 5.74) is -0.858. The fraction of sp³-hybridized carbons (Fsp3) is 0.500. The second kappa shape index (κ2) is 6.07. The van der Waals surface area contributed by atoms with Crippen LogP contribution in [0.4, 0.5) is 0 Å². The lowest BCUT2D eigenvalue weighted by atomic mass is 9.81. The predicted octanol–water partition coefficient (Wildman–Crippen LogP) is 2.89. The number of benzene rings is 1. The maximum atomic E-state index is 11.4. The third-order valence-corrected chi connectivity index (χ3v) is 3.43. The number of carbonyl (C=O) groups excluding carboxylic acids is 2. The van der Waals surface area contributed by atoms with Gasteiger partial charge < -0.3 is 9.47 Å². The molecule has 4 nitrogen and oxygen atoms in total. The van der Waals surface area contributed by atoms with Crippen molar-refractivity contribution in [1.82, 2.24) is 0 Å². The minimum absolute atomic E-state index is 0.399. The number of carbonyl (C=O) groups is 2. The summed E-state index contributed by atoms with van der Waals surface area (Å²) in [7, 11) is 0. The zero-order valence-corrected chi connectivity index (χ0v) is 12.7. The molecular formula is C16H22O4. The number of ether oxygens (including phenoxy) is 2. The van der Waals surface area contributed by atoms with Gasteiger partial charge in [0.2, 0.25) is 0 Å². The second-order valence-electron chi connectivity index (χ2n) is 5.59. The molecular weight excluding hydrogens is 256 g/mol. The quantitative estimate of drug-likeness (QED) is 0.777. The molecule has 0 aliphatic heterocycles. The molecule has 0 saturated heterocycles. The monoisotopic (exact) mass is 278 g/mol. The van der Waals surface area contributed by atoms with Crippen molar-refractivity contribution < 1.29 is 19.1 Å². The average Bonchev–Trinajstić information content (AvgIpc) is 2.26. The molecule has 110 valence electrons. The van der Waals surface area contributed by atoms with E-state index in [1.807, 2.05) is 30.3 Å². The fourth-order valence-electron chi connectivity index (χ4n) is 2.14. The number of rotatable bonds is 5. The van der Waals surface area contributed by atoms with Crippen molar-refractivity contribution in [1.29, 1.82) is 0 Å². The van der Waals surface area contributed by atoms with Crippen LogP contribution in [0.15, 0.2) is 30.3 Å². The van der Waals surface area contributed by atoms with Crippen molar-refractivity contribution >= 4 is 11.9 Å². The van der Waals surface area contributed by atoms with Gasteiger partial charge in [-0.1, -0.05) is 30.3 Å². The van der Waals surface area contributed by atoms with Crippen LogP contribution in [0.1, 0.15) is 40.2 Å². The van der Waals surface area contributed by atoms with Gasteiger partial charge in [0.05, 0.1) is 0 Å². The van der Waals surface area contributed by atoms with Crippen LogP contribution in [-0.4, -0.2) is 23.1 Å². The van der Waals surface area contributed by atoms with Crippen molar-refractivity contribution in [3.63, 3.8) is 0 Å². The highest BCUT2D eigenvalue weighted by Gasteiger charge is 2.47. The van der Waals surface area contributed by atoms with Crippen LogP contribution >= 0.6 is 0 Å². The molecule has 0 amide bonds. The first-order valence-electron chi connectivity index (χ1n) is 6.59. The van der Waals surface area contributed by atoms with E-state index in [1.165, 1.54) is 13.8 Å². The highest BCUT2D eigenvalue weighted by molar-refractivity contribution is 5.68. The lowest BCUT2D eigenvalue weighted by Gasteiger charge is -2.42. The average molecular weight is 278 g/mol. The van der Waals surface area contributed by atoms with Crippen LogP contribution in [-0.2, 0) is 25.5 Å². The van der Waals surface area contributed by atoms with Gasteiger partial charge in [-0.05, 0) is 26.3 Å². The maximum absolute atomic E-state index is 11.4. The zero-order chi connectivity index (χ0) is 15.4. The van der Waals surface area contributed by atoms with Crippen LogP contribution in [0.3, 0.4) is 0 Å². The largest absolute Gasteiger partial charge is 0.456 e. The third kappa shape index (κ3) is 4.08. The Labute approximate surface area is 120 Å². The number of hydrogen-bond donors (Lipinski definition) is 0. The van der Waals surface area contributed by atoms with Gasteiger partial charge in [-0.2, -0.15) is 0 Å². The van der Waals surface area contributed by atoms with E-state index in [0.29, 0.717) is 6.42 Å². The molecule has 0 saturated carbocycles. The Balaban J connectivity index is 3.08. The van der Waals surface area contributed by atoms with Crippen LogP contribution in [0.2, 0.25) is 0 Å². The highest BCUT2D eigenvalue weighted by atomic mass is 16.6. The first-order valence-corrected chi connectivity index (χ1v) is 6.59. The van der Waals surface area contributed by atoms with Crippen LogP contribution in [0.5, 0.6) is 0 Å². The summed E-state index contributed by atoms with van der Waals surface area (Å²) in [5, 5.41) is 0. The summed E-state index contributed by atoms with van der Waals surface area (Å²) in [4.78, 5) is 22.7. The van der Waals surface area contributed by atoms with E-state index in [4.69, 9.17) is 9.47 Å². The van der Waals surface area contributed by atoms with Gasteiger partial charge in [0.15, 0.2) is 5.60 Å². The Morgan fingerprint density at radius 2 is 1.45 bits per heavy atom. The summed E-state index contributed by atoms with van der Waals surface area (Å²) in [6.45, 7) is 7.98. The standard InChI is InChI=1S/C16H22O4/c1-12(17)19-15(3,4)16(5,20-13(2)18)11-14-9-7-6-8-10-14/h6-10H,11H2,1-5H3. The van der Waals surface area contributed by atoms with E-state index >= 15 is 0 Å². The maximum Gasteiger partial charge on any atom is 0.303 e. The lowest BCUT2D eigenvalue weighted by Crippen LogP contribution is -2.54. The van der Waals surface area contributed by atoms with Gasteiger partial charge in [-0.15, -0.1) is 0 Å². The molecule has 0 aromatic heterocycles. The molecule has 1 aromatic rings. The van der Waals surface area contributed by atoms with Gasteiger partial charge in [0.1, 0.15) is 5.60 Å². The molecule has 4 heteroatoms. The Morgan fingerprint density at radius 3 is 1.90 bits per heavy atom. The van der Waals surface area contributed by atoms with Gasteiger partial charge in [0, 0.05) is 20.3 Å². The van der Waals surface area contributed by atoms with E-state index in [2.05, 4.69) is 0 Å². The van der Waals surface area contributed by atoms with E-state index in [1.54, 1.807) is 20.8 Å². The zero-order valence-electron chi connectivity index (χ0n) is 12.7. The van der Waals surface area contributed by atoms with Crippen LogP contribution in [0.25, 0.3) is 0 Å². The topological polar surface area (TPSA) is 52.6 Å². The summed E-state index contributed by atoms with van der Waals surface area (Å²) in [6, 6.07) is 9.66. The van der Waals surface area contributed by atoms with Crippen molar-refractivity contribution in [2.45, 2.75) is 52.2 Å². The molecule has 0 aliphatic carbocycles. The van der Waals surface area contributed by atoms with Gasteiger partial charge >= 0.3 is 11.9 Å². The molecule has 0 radical (unpaired) electrons. The van der Waals surface area contributed by atoms with Crippen molar-refractivity contribution in [2.24, 2.45) is 0 Å². The first kappa shape index (κ1) is 16.2. The van der Waals surface area contributed by atoms with Gasteiger partial charge in [0.25, 0.3) is 0 Å². The Kier molecular flexibility index (Phi) is 4.93. The Bertz CT molecular complexity index is 479. The fourth-order valence-corrected chi connectivity index (χ4v) is 2.14. The Hall–Kier alpha value is -1.84. The molecule has 1 aromatic carbocycles. The van der Waals surface area contributed by atoms with Gasteiger partial charge in [-0.3, -0.25) is 9.59 Å². The van der Waals surface area contributed by atoms with E-state index in [0.717, 1.165) is 5.56 Å². The summed E-state index contributed by atoms with van der Waals surface area (Å²) in [6.07, 6.45) is 0.466. The summed E-state index contributed by atoms with van der Waals surface area (Å²) >= 11 is 0. The van der Waals surface area contributed by atoms with E-state index in [-0.39, 0.29) is 0 Å². The van der Waals surface area contributed by atoms with Crippen molar-refractivity contribution in [3.05, 3.63) is 35.9 Å². The molecule has 1 unspecified atom stereocenters. The molecule has 1 atom stereocenters. The van der Waals surface area contributed by atoms with Crippen molar-refractivity contribution in [2.75, 3.05) is 0 Å². The van der Waals surface area contributed by atoms with Gasteiger partial charge in [-0.25, -0.2) is 0 Å². The van der Waals surface area contributed by atoms with Crippen molar-refractivity contribution in [3.8, 4) is 0 Å². The third-order valence-electron chi connectivity index (χ3n) is 3.43. The smallest absolute Gasteiger partial charge is 0.303 e. The minimum atomic E-state index is -0.939. The SMILES string of the molecule is CC(=O)OC(C)(C)C(C)(Cc1ccccc1)OC(C)=O. The molecule has 0 spiro atoms. The van der Waals surface area contributed by atoms with Crippen LogP contribution in [0, 0.1) is 0 Å². The first-order chi connectivity index (χ1) is 9.16. The predicted molar refractivity (Wildman–Crippen MR) is 76.2 cm³/mol.